The molecule has 0 fully saturated rings. The summed E-state index contributed by atoms with van der Waals surface area (Å²) in [6, 6.07) is 1.76. The number of rotatable bonds is 7. The van der Waals surface area contributed by atoms with Crippen LogP contribution in [0.2, 0.25) is 0 Å². The van der Waals surface area contributed by atoms with E-state index < -0.39 is 0 Å². The van der Waals surface area contributed by atoms with Crippen LogP contribution in [0.5, 0.6) is 0 Å². The van der Waals surface area contributed by atoms with E-state index in [4.69, 9.17) is 5.73 Å². The van der Waals surface area contributed by atoms with E-state index in [2.05, 4.69) is 10.3 Å². The number of aromatic nitrogens is 2. The van der Waals surface area contributed by atoms with Gasteiger partial charge < -0.3 is 11.1 Å². The first-order valence-corrected chi connectivity index (χ1v) is 7.49. The molecule has 2 aromatic heterocycles. The quantitative estimate of drug-likeness (QED) is 0.744. The molecule has 6 nitrogen and oxygen atoms in total. The maximum absolute atomic E-state index is 12.1. The van der Waals surface area contributed by atoms with Crippen molar-refractivity contribution in [3.63, 3.8) is 0 Å². The summed E-state index contributed by atoms with van der Waals surface area (Å²) in [5.74, 6) is -0.0562. The monoisotopic (exact) mass is 330 g/mol. The zero-order valence-corrected chi connectivity index (χ0v) is 13.2. The van der Waals surface area contributed by atoms with Gasteiger partial charge in [-0.25, -0.2) is 4.98 Å². The number of thiophene rings is 1. The fourth-order valence-corrected chi connectivity index (χ4v) is 2.58. The fourth-order valence-electron chi connectivity index (χ4n) is 1.86. The lowest BCUT2D eigenvalue weighted by Crippen LogP contribution is -2.28. The molecule has 0 aromatic carbocycles. The van der Waals surface area contributed by atoms with Crippen LogP contribution in [0, 0.1) is 0 Å². The highest BCUT2D eigenvalue weighted by atomic mass is 35.5. The van der Waals surface area contributed by atoms with E-state index in [1.165, 1.54) is 22.2 Å². The number of nitrogens with one attached hydrogen (secondary N) is 1. The second-order valence-corrected chi connectivity index (χ2v) is 5.37. The summed E-state index contributed by atoms with van der Waals surface area (Å²) in [7, 11) is 0. The molecule has 0 aliphatic heterocycles. The first kappa shape index (κ1) is 17.6. The highest BCUT2D eigenvalue weighted by molar-refractivity contribution is 7.16. The first-order valence-electron chi connectivity index (χ1n) is 6.62. The molecule has 3 N–H and O–H groups in total. The van der Waals surface area contributed by atoms with Crippen molar-refractivity contribution in [2.24, 2.45) is 5.73 Å². The number of unbranched alkanes of at least 4 members (excludes halogenated alkanes) is 1. The molecular weight excluding hydrogens is 312 g/mol. The minimum atomic E-state index is -0.0906. The van der Waals surface area contributed by atoms with E-state index in [1.54, 1.807) is 6.07 Å². The van der Waals surface area contributed by atoms with Gasteiger partial charge in [0, 0.05) is 19.5 Å². The summed E-state index contributed by atoms with van der Waals surface area (Å²) in [6.07, 6.45) is 3.56. The standard InChI is InChI=1S/C13H18N4O2S.ClH/c14-5-1-2-6-15-11(18)3-7-17-9-16-12-10(13(17)19)4-8-20-12;/h4,8-9H,1-3,5-7,14H2,(H,15,18);1H. The number of fused-ring (bicyclic) bond motifs is 1. The Bertz CT molecular complexity index is 640. The first-order chi connectivity index (χ1) is 9.72. The smallest absolute Gasteiger partial charge is 0.262 e. The lowest BCUT2D eigenvalue weighted by Gasteiger charge is -2.06. The lowest BCUT2D eigenvalue weighted by atomic mass is 10.3. The molecule has 0 aliphatic rings. The van der Waals surface area contributed by atoms with Crippen LogP contribution in [0.1, 0.15) is 19.3 Å². The molecule has 21 heavy (non-hydrogen) atoms. The van der Waals surface area contributed by atoms with Gasteiger partial charge in [0.2, 0.25) is 5.91 Å². The van der Waals surface area contributed by atoms with Crippen LogP contribution in [0.3, 0.4) is 0 Å². The topological polar surface area (TPSA) is 90.0 Å². The number of amides is 1. The molecule has 0 saturated carbocycles. The Balaban J connectivity index is 0.00000220. The van der Waals surface area contributed by atoms with E-state index in [1.807, 2.05) is 5.38 Å². The summed E-state index contributed by atoms with van der Waals surface area (Å²) >= 11 is 1.44. The number of carbonyl (C=O) groups excluding carboxylic acids is 1. The molecule has 0 spiro atoms. The van der Waals surface area contributed by atoms with Crippen LogP contribution < -0.4 is 16.6 Å². The average Bonchev–Trinajstić information content (AvgIpc) is 2.92. The molecule has 0 saturated heterocycles. The second kappa shape index (κ2) is 8.76. The van der Waals surface area contributed by atoms with Crippen LogP contribution in [0.25, 0.3) is 10.2 Å². The van der Waals surface area contributed by atoms with E-state index in [0.29, 0.717) is 25.0 Å². The van der Waals surface area contributed by atoms with Gasteiger partial charge in [-0.2, -0.15) is 0 Å². The normalized spacial score (nSPS) is 10.3. The Morgan fingerprint density at radius 2 is 2.24 bits per heavy atom. The van der Waals surface area contributed by atoms with Gasteiger partial charge >= 0.3 is 0 Å². The molecular formula is C13H19ClN4O2S. The van der Waals surface area contributed by atoms with Gasteiger partial charge in [-0.15, -0.1) is 23.7 Å². The van der Waals surface area contributed by atoms with E-state index in [-0.39, 0.29) is 30.3 Å². The summed E-state index contributed by atoms with van der Waals surface area (Å²) < 4.78 is 1.48. The fraction of sp³-hybridized carbons (Fsp3) is 0.462. The van der Waals surface area contributed by atoms with Crippen LogP contribution in [-0.2, 0) is 11.3 Å². The Kier molecular flexibility index (Phi) is 7.35. The van der Waals surface area contributed by atoms with Gasteiger partial charge in [0.1, 0.15) is 4.83 Å². The summed E-state index contributed by atoms with van der Waals surface area (Å²) in [5.41, 5.74) is 5.29. The van der Waals surface area contributed by atoms with Gasteiger partial charge in [0.25, 0.3) is 5.56 Å². The van der Waals surface area contributed by atoms with Crippen molar-refractivity contribution >= 4 is 39.9 Å². The van der Waals surface area contributed by atoms with Crippen molar-refractivity contribution in [2.75, 3.05) is 13.1 Å². The maximum atomic E-state index is 12.1. The van der Waals surface area contributed by atoms with Crippen molar-refractivity contribution in [1.82, 2.24) is 14.9 Å². The molecule has 0 radical (unpaired) electrons. The predicted octanol–water partition coefficient (Wildman–Crippen LogP) is 1.12. The van der Waals surface area contributed by atoms with E-state index in [0.717, 1.165) is 17.7 Å². The third-order valence-corrected chi connectivity index (χ3v) is 3.80. The molecule has 2 aromatic rings. The summed E-state index contributed by atoms with van der Waals surface area (Å²) in [4.78, 5) is 28.6. The minimum Gasteiger partial charge on any atom is -0.356 e. The Morgan fingerprint density at radius 1 is 1.43 bits per heavy atom. The molecule has 0 atom stereocenters. The number of halogens is 1. The largest absolute Gasteiger partial charge is 0.356 e. The number of hydrogen-bond donors (Lipinski definition) is 2. The molecule has 2 heterocycles. The third kappa shape index (κ3) is 4.80. The van der Waals surface area contributed by atoms with Gasteiger partial charge in [-0.3, -0.25) is 14.2 Å². The molecule has 116 valence electrons. The van der Waals surface area contributed by atoms with Crippen molar-refractivity contribution in [2.45, 2.75) is 25.8 Å². The number of nitrogens with zero attached hydrogens (tertiary/aromatic N) is 2. The Morgan fingerprint density at radius 3 is 3.00 bits per heavy atom. The van der Waals surface area contributed by atoms with Crippen molar-refractivity contribution in [3.05, 3.63) is 28.1 Å². The van der Waals surface area contributed by atoms with Crippen molar-refractivity contribution in [3.8, 4) is 0 Å². The average molecular weight is 331 g/mol. The van der Waals surface area contributed by atoms with Gasteiger partial charge in [0.15, 0.2) is 0 Å². The molecule has 0 bridgehead atoms. The highest BCUT2D eigenvalue weighted by Crippen LogP contribution is 2.13. The molecule has 0 unspecified atom stereocenters. The van der Waals surface area contributed by atoms with Gasteiger partial charge in [0.05, 0.1) is 11.7 Å². The highest BCUT2D eigenvalue weighted by Gasteiger charge is 2.06. The zero-order valence-electron chi connectivity index (χ0n) is 11.6. The van der Waals surface area contributed by atoms with Gasteiger partial charge in [-0.1, -0.05) is 0 Å². The SMILES string of the molecule is Cl.NCCCCNC(=O)CCn1cnc2sccc2c1=O. The van der Waals surface area contributed by atoms with Crippen LogP contribution in [-0.4, -0.2) is 28.5 Å². The second-order valence-electron chi connectivity index (χ2n) is 4.48. The zero-order chi connectivity index (χ0) is 14.4. The minimum absolute atomic E-state index is 0. The van der Waals surface area contributed by atoms with Crippen molar-refractivity contribution in [1.29, 1.82) is 0 Å². The number of aryl methyl sites for hydroxylation is 1. The number of hydrogen-bond acceptors (Lipinski definition) is 5. The van der Waals surface area contributed by atoms with Crippen LogP contribution >= 0.6 is 23.7 Å². The molecule has 0 aliphatic carbocycles. The summed E-state index contributed by atoms with van der Waals surface area (Å²) in [6.45, 7) is 1.62. The van der Waals surface area contributed by atoms with E-state index in [9.17, 15) is 9.59 Å². The van der Waals surface area contributed by atoms with E-state index >= 15 is 0 Å². The molecule has 1 amide bonds. The maximum Gasteiger partial charge on any atom is 0.262 e. The molecule has 2 rings (SSSR count). The molecule has 8 heteroatoms. The number of nitrogens with two attached hydrogens (primary N) is 1. The lowest BCUT2D eigenvalue weighted by molar-refractivity contribution is -0.121. The van der Waals surface area contributed by atoms with Crippen LogP contribution in [0.4, 0.5) is 0 Å². The number of carbonyl (C=O) groups is 1. The third-order valence-electron chi connectivity index (χ3n) is 2.98. The van der Waals surface area contributed by atoms with Gasteiger partial charge in [-0.05, 0) is 30.8 Å². The summed E-state index contributed by atoms with van der Waals surface area (Å²) in [5, 5.41) is 5.26. The predicted molar refractivity (Wildman–Crippen MR) is 87.0 cm³/mol. The Labute approximate surface area is 132 Å². The van der Waals surface area contributed by atoms with Crippen molar-refractivity contribution < 1.29 is 4.79 Å². The van der Waals surface area contributed by atoms with Crippen LogP contribution in [0.15, 0.2) is 22.6 Å². The Hall–Kier alpha value is -1.44.